The predicted octanol–water partition coefficient (Wildman–Crippen LogP) is 3.12. The highest BCUT2D eigenvalue weighted by molar-refractivity contribution is 5.78. The van der Waals surface area contributed by atoms with Crippen LogP contribution in [-0.4, -0.2) is 47.0 Å². The minimum Gasteiger partial charge on any atom is -0.478 e. The van der Waals surface area contributed by atoms with Gasteiger partial charge in [0.2, 0.25) is 11.8 Å². The molecule has 2 aromatic rings. The van der Waals surface area contributed by atoms with Crippen LogP contribution in [0.5, 0.6) is 5.88 Å². The molecule has 3 heterocycles. The third-order valence-electron chi connectivity index (χ3n) is 5.19. The molecule has 1 aromatic heterocycles. The minimum absolute atomic E-state index is 0.297. The molecule has 136 valence electrons. The Labute approximate surface area is 153 Å². The van der Waals surface area contributed by atoms with Crippen molar-refractivity contribution < 1.29 is 9.53 Å². The average molecular weight is 352 g/mol. The van der Waals surface area contributed by atoms with Crippen LogP contribution in [0.3, 0.4) is 0 Å². The monoisotopic (exact) mass is 352 g/mol. The Morgan fingerprint density at radius 3 is 2.96 bits per heavy atom. The largest absolute Gasteiger partial charge is 0.478 e. The number of fused-ring (bicyclic) bond motifs is 1. The van der Waals surface area contributed by atoms with E-state index >= 15 is 0 Å². The van der Waals surface area contributed by atoms with Crippen molar-refractivity contribution in [3.8, 4) is 5.88 Å². The van der Waals surface area contributed by atoms with Crippen LogP contribution in [0.1, 0.15) is 37.7 Å². The summed E-state index contributed by atoms with van der Waals surface area (Å²) in [6.45, 7) is 5.13. The first-order valence-corrected chi connectivity index (χ1v) is 9.35. The number of amides is 1. The minimum atomic E-state index is 0.297. The summed E-state index contributed by atoms with van der Waals surface area (Å²) in [7, 11) is 0. The molecular weight excluding hydrogens is 328 g/mol. The third-order valence-corrected chi connectivity index (χ3v) is 5.19. The van der Waals surface area contributed by atoms with Gasteiger partial charge in [0.1, 0.15) is 12.1 Å². The van der Waals surface area contributed by atoms with E-state index in [0.717, 1.165) is 38.3 Å². The molecule has 2 aliphatic rings. The van der Waals surface area contributed by atoms with Crippen LogP contribution in [0.2, 0.25) is 0 Å². The first-order chi connectivity index (χ1) is 12.8. The molecule has 6 nitrogen and oxygen atoms in total. The molecule has 1 atom stereocenters. The lowest BCUT2D eigenvalue weighted by molar-refractivity contribution is -0.127. The zero-order chi connectivity index (χ0) is 17.9. The highest BCUT2D eigenvalue weighted by atomic mass is 16.5. The molecule has 2 aliphatic heterocycles. The number of likely N-dealkylation sites (tertiary alicyclic amines) is 1. The molecule has 6 heteroatoms. The van der Waals surface area contributed by atoms with E-state index in [1.165, 1.54) is 11.3 Å². The van der Waals surface area contributed by atoms with Crippen molar-refractivity contribution >= 4 is 17.4 Å². The normalized spacial score (nSPS) is 19.1. The molecule has 1 unspecified atom stereocenters. The van der Waals surface area contributed by atoms with Crippen molar-refractivity contribution in [2.24, 2.45) is 0 Å². The number of ether oxygens (including phenoxy) is 1. The van der Waals surface area contributed by atoms with Crippen LogP contribution in [0, 0.1) is 0 Å². The highest BCUT2D eigenvalue weighted by Gasteiger charge is 2.31. The Balaban J connectivity index is 1.54. The number of aromatic nitrogens is 2. The lowest BCUT2D eigenvalue weighted by Gasteiger charge is -2.20. The quantitative estimate of drug-likeness (QED) is 0.799. The van der Waals surface area contributed by atoms with Crippen LogP contribution in [0.25, 0.3) is 0 Å². The van der Waals surface area contributed by atoms with Crippen molar-refractivity contribution in [3.05, 3.63) is 42.2 Å². The van der Waals surface area contributed by atoms with Crippen molar-refractivity contribution in [1.29, 1.82) is 0 Å². The van der Waals surface area contributed by atoms with Gasteiger partial charge >= 0.3 is 0 Å². The zero-order valence-corrected chi connectivity index (χ0v) is 15.1. The molecule has 0 aliphatic carbocycles. The molecule has 4 rings (SSSR count). The van der Waals surface area contributed by atoms with Gasteiger partial charge < -0.3 is 14.5 Å². The summed E-state index contributed by atoms with van der Waals surface area (Å²) in [6, 6.07) is 10.4. The van der Waals surface area contributed by atoms with Crippen LogP contribution in [-0.2, 0) is 4.79 Å². The van der Waals surface area contributed by atoms with Crippen molar-refractivity contribution in [1.82, 2.24) is 14.9 Å². The molecule has 1 amide bonds. The fraction of sp³-hybridized carbons (Fsp3) is 0.450. The van der Waals surface area contributed by atoms with E-state index in [-0.39, 0.29) is 0 Å². The maximum Gasteiger partial charge on any atom is 0.222 e. The Kier molecular flexibility index (Phi) is 4.73. The molecular formula is C20H24N4O2. The molecule has 0 saturated carbocycles. The second-order valence-electron chi connectivity index (χ2n) is 6.79. The van der Waals surface area contributed by atoms with Gasteiger partial charge in [0.05, 0.1) is 6.61 Å². The Morgan fingerprint density at radius 2 is 2.15 bits per heavy atom. The van der Waals surface area contributed by atoms with E-state index in [1.54, 1.807) is 6.33 Å². The average Bonchev–Trinajstić information content (AvgIpc) is 3.24. The number of para-hydroxylation sites is 1. The fourth-order valence-corrected chi connectivity index (χ4v) is 3.92. The summed E-state index contributed by atoms with van der Waals surface area (Å²) in [5.41, 5.74) is 2.52. The second-order valence-corrected chi connectivity index (χ2v) is 6.79. The molecule has 1 aromatic carbocycles. The van der Waals surface area contributed by atoms with Crippen LogP contribution in [0.15, 0.2) is 36.7 Å². The second kappa shape index (κ2) is 7.32. The number of rotatable bonds is 6. The number of hydrogen-bond donors (Lipinski definition) is 0. The van der Waals surface area contributed by atoms with Gasteiger partial charge in [0.15, 0.2) is 0 Å². The first-order valence-electron chi connectivity index (χ1n) is 9.35. The molecule has 0 N–H and O–H groups in total. The van der Waals surface area contributed by atoms with Crippen LogP contribution in [0.4, 0.5) is 11.5 Å². The maximum absolute atomic E-state index is 11.9. The van der Waals surface area contributed by atoms with Crippen molar-refractivity contribution in [3.63, 3.8) is 0 Å². The predicted molar refractivity (Wildman–Crippen MR) is 99.8 cm³/mol. The van der Waals surface area contributed by atoms with E-state index in [2.05, 4.69) is 39.1 Å². The number of anilines is 2. The topological polar surface area (TPSA) is 58.6 Å². The van der Waals surface area contributed by atoms with Crippen LogP contribution >= 0.6 is 0 Å². The number of carbonyl (C=O) groups is 1. The van der Waals surface area contributed by atoms with Gasteiger partial charge in [-0.1, -0.05) is 18.2 Å². The van der Waals surface area contributed by atoms with E-state index in [0.29, 0.717) is 30.7 Å². The smallest absolute Gasteiger partial charge is 0.222 e. The fourth-order valence-electron chi connectivity index (χ4n) is 3.92. The Morgan fingerprint density at radius 1 is 1.27 bits per heavy atom. The number of hydrogen-bond acceptors (Lipinski definition) is 5. The van der Waals surface area contributed by atoms with Gasteiger partial charge in [-0.3, -0.25) is 4.79 Å². The Hall–Kier alpha value is -2.63. The molecule has 0 bridgehead atoms. The summed E-state index contributed by atoms with van der Waals surface area (Å²) in [5.74, 6) is 2.15. The van der Waals surface area contributed by atoms with E-state index < -0.39 is 0 Å². The van der Waals surface area contributed by atoms with Crippen LogP contribution < -0.4 is 9.64 Å². The summed E-state index contributed by atoms with van der Waals surface area (Å²) in [4.78, 5) is 24.8. The van der Waals surface area contributed by atoms with Gasteiger partial charge in [0, 0.05) is 43.7 Å². The molecule has 0 radical (unpaired) electrons. The number of benzene rings is 1. The number of carbonyl (C=O) groups excluding carboxylic acids is 1. The zero-order valence-electron chi connectivity index (χ0n) is 15.1. The lowest BCUT2D eigenvalue weighted by atomic mass is 9.98. The SMILES string of the molecule is CCOc1cc(N2CC(CCN3CCCC3=O)c3ccccc32)ncn1. The van der Waals surface area contributed by atoms with Gasteiger partial charge in [-0.2, -0.15) is 0 Å². The van der Waals surface area contributed by atoms with Gasteiger partial charge in [-0.15, -0.1) is 0 Å². The highest BCUT2D eigenvalue weighted by Crippen LogP contribution is 2.42. The summed E-state index contributed by atoms with van der Waals surface area (Å²) in [5, 5.41) is 0. The van der Waals surface area contributed by atoms with Gasteiger partial charge in [-0.25, -0.2) is 9.97 Å². The summed E-state index contributed by atoms with van der Waals surface area (Å²) in [6.07, 6.45) is 4.23. The van der Waals surface area contributed by atoms with Crippen molar-refractivity contribution in [2.75, 3.05) is 31.1 Å². The lowest BCUT2D eigenvalue weighted by Crippen LogP contribution is -2.27. The third kappa shape index (κ3) is 3.23. The molecule has 0 spiro atoms. The number of nitrogens with zero attached hydrogens (tertiary/aromatic N) is 4. The molecule has 1 fully saturated rings. The van der Waals surface area contributed by atoms with E-state index in [9.17, 15) is 4.79 Å². The first kappa shape index (κ1) is 16.8. The maximum atomic E-state index is 11.9. The van der Waals surface area contributed by atoms with E-state index in [4.69, 9.17) is 4.74 Å². The summed E-state index contributed by atoms with van der Waals surface area (Å²) >= 11 is 0. The molecule has 1 saturated heterocycles. The van der Waals surface area contributed by atoms with E-state index in [1.807, 2.05) is 17.9 Å². The van der Waals surface area contributed by atoms with Gasteiger partial charge in [0.25, 0.3) is 0 Å². The Bertz CT molecular complexity index is 795. The van der Waals surface area contributed by atoms with Crippen molar-refractivity contribution in [2.45, 2.75) is 32.1 Å². The standard InChI is InChI=1S/C20H24N4O2/c1-2-26-19-12-18(21-14-22-19)24-13-15(16-6-3-4-7-17(16)24)9-11-23-10-5-8-20(23)25/h3-4,6-7,12,14-15H,2,5,8-11,13H2,1H3. The molecule has 26 heavy (non-hydrogen) atoms. The summed E-state index contributed by atoms with van der Waals surface area (Å²) < 4.78 is 5.53. The van der Waals surface area contributed by atoms with Gasteiger partial charge in [-0.05, 0) is 31.4 Å².